The summed E-state index contributed by atoms with van der Waals surface area (Å²) in [6.45, 7) is 6.25. The summed E-state index contributed by atoms with van der Waals surface area (Å²) in [6.07, 6.45) is 3.12. The van der Waals surface area contributed by atoms with Crippen molar-refractivity contribution in [2.24, 2.45) is 0 Å². The van der Waals surface area contributed by atoms with Crippen LogP contribution < -0.4 is 9.47 Å². The van der Waals surface area contributed by atoms with E-state index in [1.54, 1.807) is 7.11 Å². The average Bonchev–Trinajstić information content (AvgIpc) is 3.46. The van der Waals surface area contributed by atoms with E-state index in [4.69, 9.17) is 14.5 Å². The third-order valence-corrected chi connectivity index (χ3v) is 6.71. The lowest BCUT2D eigenvalue weighted by atomic mass is 10.1. The monoisotopic (exact) mass is 481 g/mol. The molecule has 0 radical (unpaired) electrons. The van der Waals surface area contributed by atoms with Crippen LogP contribution >= 0.6 is 0 Å². The highest BCUT2D eigenvalue weighted by atomic mass is 16.5. The Morgan fingerprint density at radius 2 is 1.83 bits per heavy atom. The Morgan fingerprint density at radius 3 is 2.64 bits per heavy atom. The molecule has 1 fully saturated rings. The third kappa shape index (κ3) is 4.98. The zero-order valence-electron chi connectivity index (χ0n) is 20.6. The van der Waals surface area contributed by atoms with Crippen LogP contribution in [0.25, 0.3) is 11.0 Å². The molecule has 1 aliphatic heterocycles. The summed E-state index contributed by atoms with van der Waals surface area (Å²) < 4.78 is 13.7. The molecule has 0 aliphatic carbocycles. The number of methoxy groups -OCH3 is 1. The Balaban J connectivity index is 1.33. The van der Waals surface area contributed by atoms with E-state index in [9.17, 15) is 4.79 Å². The molecule has 1 saturated heterocycles. The molecule has 0 bridgehead atoms. The molecule has 0 saturated carbocycles. The van der Waals surface area contributed by atoms with E-state index in [0.717, 1.165) is 45.9 Å². The number of benzene rings is 3. The first-order chi connectivity index (χ1) is 17.7. The number of aromatic nitrogens is 2. The molecule has 5 rings (SSSR count). The van der Waals surface area contributed by atoms with E-state index < -0.39 is 0 Å². The summed E-state index contributed by atoms with van der Waals surface area (Å²) in [7, 11) is 1.65. The van der Waals surface area contributed by atoms with Crippen molar-refractivity contribution in [1.29, 1.82) is 0 Å². The van der Waals surface area contributed by atoms with Crippen LogP contribution in [0.15, 0.2) is 85.5 Å². The Morgan fingerprint density at radius 1 is 1.06 bits per heavy atom. The van der Waals surface area contributed by atoms with Gasteiger partial charge in [0.25, 0.3) is 0 Å². The fraction of sp³-hybridized carbons (Fsp3) is 0.267. The van der Waals surface area contributed by atoms with Crippen molar-refractivity contribution in [3.8, 4) is 11.5 Å². The van der Waals surface area contributed by atoms with Crippen LogP contribution in [0.4, 0.5) is 0 Å². The van der Waals surface area contributed by atoms with Crippen molar-refractivity contribution < 1.29 is 14.3 Å². The maximum absolute atomic E-state index is 12.9. The fourth-order valence-corrected chi connectivity index (χ4v) is 4.91. The number of carbonyl (C=O) groups is 1. The minimum Gasteiger partial charge on any atom is -0.497 e. The normalized spacial score (nSPS) is 15.4. The first-order valence-electron chi connectivity index (χ1n) is 12.3. The van der Waals surface area contributed by atoms with Gasteiger partial charge in [0.15, 0.2) is 0 Å². The first kappa shape index (κ1) is 23.7. The van der Waals surface area contributed by atoms with Gasteiger partial charge in [-0.15, -0.1) is 6.58 Å². The molecule has 1 aromatic heterocycles. The van der Waals surface area contributed by atoms with E-state index in [2.05, 4.69) is 23.3 Å². The Hall–Kier alpha value is -4.06. The Labute approximate surface area is 211 Å². The van der Waals surface area contributed by atoms with Gasteiger partial charge in [-0.05, 0) is 47.9 Å². The van der Waals surface area contributed by atoms with Crippen molar-refractivity contribution in [1.82, 2.24) is 14.5 Å². The van der Waals surface area contributed by atoms with Crippen LogP contribution in [0.2, 0.25) is 0 Å². The average molecular weight is 482 g/mol. The van der Waals surface area contributed by atoms with Crippen molar-refractivity contribution in [2.45, 2.75) is 31.8 Å². The fourth-order valence-electron chi connectivity index (χ4n) is 4.91. The molecule has 36 heavy (non-hydrogen) atoms. The van der Waals surface area contributed by atoms with Crippen LogP contribution in [0.1, 0.15) is 29.3 Å². The number of fused-ring (bicyclic) bond motifs is 1. The lowest BCUT2D eigenvalue weighted by Gasteiger charge is -2.18. The molecule has 4 aromatic rings. The maximum atomic E-state index is 12.9. The zero-order chi connectivity index (χ0) is 24.9. The van der Waals surface area contributed by atoms with Gasteiger partial charge in [0, 0.05) is 25.4 Å². The van der Waals surface area contributed by atoms with Gasteiger partial charge in [-0.2, -0.15) is 0 Å². The zero-order valence-corrected chi connectivity index (χ0v) is 20.6. The first-order valence-corrected chi connectivity index (χ1v) is 12.3. The van der Waals surface area contributed by atoms with Gasteiger partial charge in [-0.3, -0.25) is 4.79 Å². The molecule has 184 valence electrons. The van der Waals surface area contributed by atoms with Gasteiger partial charge in [0.05, 0.1) is 24.7 Å². The van der Waals surface area contributed by atoms with Crippen LogP contribution in [0, 0.1) is 0 Å². The third-order valence-electron chi connectivity index (χ3n) is 6.71. The number of para-hydroxylation sites is 3. The predicted octanol–water partition coefficient (Wildman–Crippen LogP) is 5.37. The Bertz CT molecular complexity index is 1360. The smallest absolute Gasteiger partial charge is 0.223 e. The quantitative estimate of drug-likeness (QED) is 0.286. The van der Waals surface area contributed by atoms with Crippen molar-refractivity contribution in [3.63, 3.8) is 0 Å². The number of hydrogen-bond acceptors (Lipinski definition) is 4. The number of likely N-dealkylation sites (tertiary alicyclic amines) is 1. The lowest BCUT2D eigenvalue weighted by molar-refractivity contribution is -0.128. The van der Waals surface area contributed by atoms with E-state index in [1.165, 1.54) is 0 Å². The van der Waals surface area contributed by atoms with Crippen LogP contribution in [-0.2, 0) is 24.3 Å². The Kier molecular flexibility index (Phi) is 7.03. The van der Waals surface area contributed by atoms with Crippen molar-refractivity contribution in [2.75, 3.05) is 20.3 Å². The topological polar surface area (TPSA) is 56.6 Å². The number of hydrogen-bond donors (Lipinski definition) is 0. The van der Waals surface area contributed by atoms with Crippen molar-refractivity contribution in [3.05, 3.63) is 102 Å². The number of ether oxygens (including phenoxy) is 2. The van der Waals surface area contributed by atoms with Gasteiger partial charge < -0.3 is 18.9 Å². The number of allylic oxidation sites excluding steroid dienone is 1. The lowest BCUT2D eigenvalue weighted by Crippen LogP contribution is -2.24. The SMILES string of the molecule is C=CCc1ccccc1OCCn1c(C2CC(=O)N(Cc3ccc(OC)cc3)C2)nc2ccccc21. The highest BCUT2D eigenvalue weighted by Gasteiger charge is 2.34. The molecule has 2 heterocycles. The number of amides is 1. The van der Waals surface area contributed by atoms with Crippen LogP contribution in [0.3, 0.4) is 0 Å². The van der Waals surface area contributed by atoms with Gasteiger partial charge >= 0.3 is 0 Å². The van der Waals surface area contributed by atoms with Crippen LogP contribution in [0.5, 0.6) is 11.5 Å². The molecule has 1 aliphatic rings. The van der Waals surface area contributed by atoms with Gasteiger partial charge in [0.1, 0.15) is 23.9 Å². The minimum absolute atomic E-state index is 0.0381. The molecule has 6 nitrogen and oxygen atoms in total. The standard InChI is InChI=1S/C30H31N3O3/c1-3-8-23-9-4-7-12-28(23)36-18-17-33-27-11-6-5-10-26(27)31-30(33)24-19-29(34)32(21-24)20-22-13-15-25(35-2)16-14-22/h3-7,9-16,24H,1,8,17-21H2,2H3. The van der Waals surface area contributed by atoms with Gasteiger partial charge in [-0.1, -0.05) is 48.5 Å². The molecular formula is C30H31N3O3. The molecule has 1 unspecified atom stereocenters. The molecule has 1 amide bonds. The molecule has 0 spiro atoms. The number of imidazole rings is 1. The number of nitrogens with zero attached hydrogens (tertiary/aromatic N) is 3. The summed E-state index contributed by atoms with van der Waals surface area (Å²) in [5.41, 5.74) is 4.22. The summed E-state index contributed by atoms with van der Waals surface area (Å²) in [6, 6.07) is 24.1. The van der Waals surface area contributed by atoms with Gasteiger partial charge in [0.2, 0.25) is 5.91 Å². The predicted molar refractivity (Wildman–Crippen MR) is 141 cm³/mol. The van der Waals surface area contributed by atoms with Crippen LogP contribution in [-0.4, -0.2) is 40.6 Å². The van der Waals surface area contributed by atoms with E-state index in [0.29, 0.717) is 32.7 Å². The van der Waals surface area contributed by atoms with Crippen molar-refractivity contribution >= 4 is 16.9 Å². The minimum atomic E-state index is 0.0381. The van der Waals surface area contributed by atoms with Gasteiger partial charge in [-0.25, -0.2) is 4.98 Å². The molecule has 6 heteroatoms. The molecular weight excluding hydrogens is 450 g/mol. The second kappa shape index (κ2) is 10.7. The molecule has 3 aromatic carbocycles. The summed E-state index contributed by atoms with van der Waals surface area (Å²) in [5.74, 6) is 2.84. The summed E-state index contributed by atoms with van der Waals surface area (Å²) >= 11 is 0. The second-order valence-corrected chi connectivity index (χ2v) is 9.08. The highest BCUT2D eigenvalue weighted by molar-refractivity contribution is 5.81. The summed E-state index contributed by atoms with van der Waals surface area (Å²) in [5, 5.41) is 0. The summed E-state index contributed by atoms with van der Waals surface area (Å²) in [4.78, 5) is 19.8. The molecule has 1 atom stereocenters. The second-order valence-electron chi connectivity index (χ2n) is 9.08. The molecule has 0 N–H and O–H groups in total. The van der Waals surface area contributed by atoms with E-state index in [-0.39, 0.29) is 11.8 Å². The highest BCUT2D eigenvalue weighted by Crippen LogP contribution is 2.31. The number of carbonyl (C=O) groups excluding carboxylic acids is 1. The van der Waals surface area contributed by atoms with E-state index in [1.807, 2.05) is 71.6 Å². The largest absolute Gasteiger partial charge is 0.497 e. The van der Waals surface area contributed by atoms with E-state index >= 15 is 0 Å². The number of rotatable bonds is 10. The maximum Gasteiger partial charge on any atom is 0.223 e.